The van der Waals surface area contributed by atoms with Gasteiger partial charge in [0.15, 0.2) is 0 Å². The number of aromatic nitrogens is 2. The van der Waals surface area contributed by atoms with Gasteiger partial charge in [-0.2, -0.15) is 5.10 Å². The third kappa shape index (κ3) is 2.46. The molecule has 3 unspecified atom stereocenters. The first kappa shape index (κ1) is 17.6. The van der Waals surface area contributed by atoms with Crippen molar-refractivity contribution in [2.24, 2.45) is 13.0 Å². The van der Waals surface area contributed by atoms with Crippen molar-refractivity contribution in [2.75, 3.05) is 7.11 Å². The molecule has 4 rings (SSSR count). The molecule has 27 heavy (non-hydrogen) atoms. The molecule has 2 aliphatic carbocycles. The monoisotopic (exact) mass is 375 g/mol. The molecule has 0 spiro atoms. The van der Waals surface area contributed by atoms with Crippen LogP contribution in [-0.2, 0) is 22.1 Å². The van der Waals surface area contributed by atoms with Crippen LogP contribution in [0.15, 0.2) is 30.5 Å². The summed E-state index contributed by atoms with van der Waals surface area (Å²) in [7, 11) is 2.80. The summed E-state index contributed by atoms with van der Waals surface area (Å²) in [6, 6.07) is 7.55. The minimum atomic E-state index is -2.87. The highest BCUT2D eigenvalue weighted by molar-refractivity contribution is 5.96. The second-order valence-electron chi connectivity index (χ2n) is 7.06. The molecule has 6 nitrogen and oxygen atoms in total. The van der Waals surface area contributed by atoms with Crippen LogP contribution >= 0.6 is 0 Å². The summed E-state index contributed by atoms with van der Waals surface area (Å²) in [5, 5.41) is 6.60. The number of halogens is 2. The van der Waals surface area contributed by atoms with Gasteiger partial charge in [-0.3, -0.25) is 14.3 Å². The molecule has 2 aliphatic rings. The van der Waals surface area contributed by atoms with Crippen LogP contribution in [0.4, 0.5) is 8.78 Å². The molecule has 1 heterocycles. The topological polar surface area (TPSA) is 73.2 Å². The second-order valence-corrected chi connectivity index (χ2v) is 7.06. The Hall–Kier alpha value is -2.77. The molecule has 2 bridgehead atoms. The number of hydrogen-bond donors (Lipinski definition) is 1. The fraction of sp³-hybridized carbons (Fsp3) is 0.421. The van der Waals surface area contributed by atoms with Gasteiger partial charge in [-0.05, 0) is 24.0 Å². The van der Waals surface area contributed by atoms with Crippen LogP contribution in [0.3, 0.4) is 0 Å². The first-order chi connectivity index (χ1) is 12.9. The Morgan fingerprint density at radius 1 is 1.37 bits per heavy atom. The van der Waals surface area contributed by atoms with E-state index in [2.05, 4.69) is 10.4 Å². The lowest BCUT2D eigenvalue weighted by molar-refractivity contribution is -0.147. The number of alkyl halides is 2. The molecule has 8 heteroatoms. The predicted molar refractivity (Wildman–Crippen MR) is 91.2 cm³/mol. The summed E-state index contributed by atoms with van der Waals surface area (Å²) in [4.78, 5) is 25.5. The molecule has 0 radical (unpaired) electrons. The first-order valence-corrected chi connectivity index (χ1v) is 8.70. The summed E-state index contributed by atoms with van der Waals surface area (Å²) in [6.07, 6.45) is -0.336. The van der Waals surface area contributed by atoms with Crippen molar-refractivity contribution >= 4 is 11.9 Å². The van der Waals surface area contributed by atoms with Crippen molar-refractivity contribution in [1.82, 2.24) is 15.1 Å². The van der Waals surface area contributed by atoms with Gasteiger partial charge in [0.05, 0.1) is 24.1 Å². The summed E-state index contributed by atoms with van der Waals surface area (Å²) in [5.41, 5.74) is 0.146. The zero-order chi connectivity index (χ0) is 19.3. The zero-order valence-corrected chi connectivity index (χ0v) is 14.9. The van der Waals surface area contributed by atoms with Crippen molar-refractivity contribution in [1.29, 1.82) is 0 Å². The van der Waals surface area contributed by atoms with Crippen LogP contribution in [0.5, 0.6) is 0 Å². The molecule has 0 aliphatic heterocycles. The van der Waals surface area contributed by atoms with Gasteiger partial charge in [0, 0.05) is 19.2 Å². The Morgan fingerprint density at radius 3 is 2.81 bits per heavy atom. The summed E-state index contributed by atoms with van der Waals surface area (Å²) >= 11 is 0. The number of benzene rings is 1. The fourth-order valence-electron chi connectivity index (χ4n) is 4.72. The van der Waals surface area contributed by atoms with E-state index in [1.165, 1.54) is 25.0 Å². The number of aryl methyl sites for hydroxylation is 1. The van der Waals surface area contributed by atoms with E-state index in [0.717, 1.165) is 11.1 Å². The van der Waals surface area contributed by atoms with Gasteiger partial charge in [-0.1, -0.05) is 24.3 Å². The molecule has 1 fully saturated rings. The van der Waals surface area contributed by atoms with E-state index in [9.17, 15) is 18.4 Å². The van der Waals surface area contributed by atoms with E-state index in [1.54, 1.807) is 0 Å². The Balaban J connectivity index is 1.77. The number of hydrogen-bond acceptors (Lipinski definition) is 4. The van der Waals surface area contributed by atoms with Crippen LogP contribution < -0.4 is 5.32 Å². The van der Waals surface area contributed by atoms with E-state index in [0.29, 0.717) is 12.8 Å². The number of rotatable bonds is 4. The van der Waals surface area contributed by atoms with Gasteiger partial charge in [-0.15, -0.1) is 0 Å². The Labute approximate surface area is 154 Å². The summed E-state index contributed by atoms with van der Waals surface area (Å²) in [6.45, 7) is 0. The molecule has 1 aromatic carbocycles. The highest BCUT2D eigenvalue weighted by Crippen LogP contribution is 2.60. The fourth-order valence-corrected chi connectivity index (χ4v) is 4.72. The van der Waals surface area contributed by atoms with Crippen molar-refractivity contribution in [3.8, 4) is 0 Å². The molecule has 2 aromatic rings. The standard InChI is InChI=1S/C19H19F2N3O3/c1-24-9-12(15(23-24)16(20)21)17(25)22-19-8-7-11(14(19)18(26)27-2)10-5-3-4-6-13(10)19/h3-6,9,11,14,16H,7-8H2,1-2H3,(H,22,25). The van der Waals surface area contributed by atoms with Crippen LogP contribution in [0.2, 0.25) is 0 Å². The number of methoxy groups -OCH3 is 1. The maximum absolute atomic E-state index is 13.3. The van der Waals surface area contributed by atoms with Crippen LogP contribution in [-0.4, -0.2) is 28.8 Å². The average Bonchev–Trinajstić information content (AvgIpc) is 3.30. The van der Waals surface area contributed by atoms with Crippen LogP contribution in [0.25, 0.3) is 0 Å². The molecular formula is C19H19F2N3O3. The molecule has 142 valence electrons. The van der Waals surface area contributed by atoms with Gasteiger partial charge >= 0.3 is 5.97 Å². The highest BCUT2D eigenvalue weighted by atomic mass is 19.3. The zero-order valence-electron chi connectivity index (χ0n) is 14.9. The average molecular weight is 375 g/mol. The number of nitrogens with one attached hydrogen (secondary N) is 1. The van der Waals surface area contributed by atoms with E-state index in [1.807, 2.05) is 24.3 Å². The van der Waals surface area contributed by atoms with Crippen molar-refractivity contribution in [3.63, 3.8) is 0 Å². The highest BCUT2D eigenvalue weighted by Gasteiger charge is 2.61. The Morgan fingerprint density at radius 2 is 2.11 bits per heavy atom. The number of carbonyl (C=O) groups excluding carboxylic acids is 2. The summed E-state index contributed by atoms with van der Waals surface area (Å²) in [5.74, 6) is -1.70. The van der Waals surface area contributed by atoms with Gasteiger partial charge < -0.3 is 10.1 Å². The molecule has 1 amide bonds. The molecule has 0 saturated heterocycles. The molecular weight excluding hydrogens is 356 g/mol. The van der Waals surface area contributed by atoms with E-state index in [-0.39, 0.29) is 11.5 Å². The molecule has 1 N–H and O–H groups in total. The number of ether oxygens (including phenoxy) is 1. The van der Waals surface area contributed by atoms with E-state index >= 15 is 0 Å². The van der Waals surface area contributed by atoms with Gasteiger partial charge in [0.2, 0.25) is 0 Å². The minimum absolute atomic E-state index is 0.0579. The number of nitrogens with zero attached hydrogens (tertiary/aromatic N) is 2. The lowest BCUT2D eigenvalue weighted by Gasteiger charge is -2.33. The number of carbonyl (C=O) groups is 2. The number of amides is 1. The Kier molecular flexibility index (Phi) is 4.01. The normalized spacial score (nSPS) is 25.5. The van der Waals surface area contributed by atoms with Gasteiger partial charge in [0.1, 0.15) is 5.69 Å². The molecule has 3 atom stereocenters. The van der Waals surface area contributed by atoms with Crippen LogP contribution in [0.1, 0.15) is 52.4 Å². The number of fused-ring (bicyclic) bond motifs is 5. The minimum Gasteiger partial charge on any atom is -0.469 e. The maximum Gasteiger partial charge on any atom is 0.312 e. The Bertz CT molecular complexity index is 927. The SMILES string of the molecule is COC(=O)C1C2CCC1(NC(=O)c1cn(C)nc1C(F)F)c1ccccc12. The lowest BCUT2D eigenvalue weighted by atomic mass is 9.83. The maximum atomic E-state index is 13.3. The largest absolute Gasteiger partial charge is 0.469 e. The smallest absolute Gasteiger partial charge is 0.312 e. The van der Waals surface area contributed by atoms with Crippen molar-refractivity contribution in [2.45, 2.75) is 30.7 Å². The molecule has 1 saturated carbocycles. The number of esters is 1. The third-order valence-electron chi connectivity index (χ3n) is 5.72. The third-order valence-corrected chi connectivity index (χ3v) is 5.72. The van der Waals surface area contributed by atoms with Crippen molar-refractivity contribution in [3.05, 3.63) is 52.8 Å². The van der Waals surface area contributed by atoms with Gasteiger partial charge in [0.25, 0.3) is 12.3 Å². The second kappa shape index (κ2) is 6.14. The van der Waals surface area contributed by atoms with Crippen LogP contribution in [0, 0.1) is 5.92 Å². The lowest BCUT2D eigenvalue weighted by Crippen LogP contribution is -2.49. The van der Waals surface area contributed by atoms with Crippen molar-refractivity contribution < 1.29 is 23.1 Å². The first-order valence-electron chi connectivity index (χ1n) is 8.70. The van der Waals surface area contributed by atoms with E-state index < -0.39 is 35.5 Å². The van der Waals surface area contributed by atoms with E-state index in [4.69, 9.17) is 4.74 Å². The summed E-state index contributed by atoms with van der Waals surface area (Å²) < 4.78 is 32.7. The molecule has 1 aromatic heterocycles. The predicted octanol–water partition coefficient (Wildman–Crippen LogP) is 2.66. The quantitative estimate of drug-likeness (QED) is 0.834. The van der Waals surface area contributed by atoms with Gasteiger partial charge in [-0.25, -0.2) is 8.78 Å².